The van der Waals surface area contributed by atoms with Crippen LogP contribution in [0.2, 0.25) is 0 Å². The molecule has 78 valence electrons. The lowest BCUT2D eigenvalue weighted by atomic mass is 10.2. The van der Waals surface area contributed by atoms with Gasteiger partial charge in [0.2, 0.25) is 5.91 Å². The number of hydrogen-bond donors (Lipinski definition) is 1. The van der Waals surface area contributed by atoms with Crippen molar-refractivity contribution in [3.63, 3.8) is 0 Å². The fourth-order valence-corrected chi connectivity index (χ4v) is 1.53. The van der Waals surface area contributed by atoms with Gasteiger partial charge in [-0.1, -0.05) is 6.92 Å². The first-order chi connectivity index (χ1) is 6.61. The molecule has 1 heterocycles. The van der Waals surface area contributed by atoms with Crippen LogP contribution in [-0.4, -0.2) is 15.7 Å². The van der Waals surface area contributed by atoms with E-state index in [1.54, 1.807) is 0 Å². The second kappa shape index (κ2) is 4.37. The molecular weight excluding hydrogens is 178 g/mol. The highest BCUT2D eigenvalue weighted by molar-refractivity contribution is 5.79. The molecule has 1 rings (SSSR count). The molecule has 0 amide bonds. The molecule has 0 fully saturated rings. The van der Waals surface area contributed by atoms with Crippen LogP contribution in [0, 0.1) is 13.8 Å². The molecule has 0 aromatic carbocycles. The number of aryl methyl sites for hydroxylation is 1. The van der Waals surface area contributed by atoms with Gasteiger partial charge in [-0.25, -0.2) is 4.68 Å². The Hall–Kier alpha value is -1.16. The largest absolute Gasteiger partial charge is 0.326 e. The maximum absolute atomic E-state index is 11.6. The Labute approximate surface area is 84.1 Å². The smallest absolute Gasteiger partial charge is 0.247 e. The maximum atomic E-state index is 11.6. The monoisotopic (exact) mass is 195 g/mol. The minimum Gasteiger partial charge on any atom is -0.326 e. The molecular formula is C10H17N3O. The third kappa shape index (κ3) is 1.85. The summed E-state index contributed by atoms with van der Waals surface area (Å²) in [5.74, 6) is 0.0489. The van der Waals surface area contributed by atoms with E-state index in [0.717, 1.165) is 23.4 Å². The Bertz CT molecular complexity index is 341. The predicted molar refractivity (Wildman–Crippen MR) is 55.1 cm³/mol. The highest BCUT2D eigenvalue weighted by Crippen LogP contribution is 2.12. The van der Waals surface area contributed by atoms with Gasteiger partial charge in [-0.2, -0.15) is 5.10 Å². The van der Waals surface area contributed by atoms with E-state index in [2.05, 4.69) is 5.10 Å². The first-order valence-electron chi connectivity index (χ1n) is 4.90. The van der Waals surface area contributed by atoms with E-state index in [9.17, 15) is 4.79 Å². The summed E-state index contributed by atoms with van der Waals surface area (Å²) in [6.07, 6.45) is 1.38. The Balaban J connectivity index is 3.04. The third-order valence-electron chi connectivity index (χ3n) is 2.35. The standard InChI is InChI=1S/C10H17N3O/c1-4-5-10(14)13-8(3)9(6-11)7(2)12-13/h4-6,11H2,1-3H3. The predicted octanol–water partition coefficient (Wildman–Crippen LogP) is 1.40. The first-order valence-corrected chi connectivity index (χ1v) is 4.90. The van der Waals surface area contributed by atoms with E-state index in [1.807, 2.05) is 20.8 Å². The van der Waals surface area contributed by atoms with E-state index in [0.29, 0.717) is 13.0 Å². The van der Waals surface area contributed by atoms with E-state index in [4.69, 9.17) is 5.73 Å². The fraction of sp³-hybridized carbons (Fsp3) is 0.600. The Morgan fingerprint density at radius 3 is 2.57 bits per heavy atom. The molecule has 0 spiro atoms. The summed E-state index contributed by atoms with van der Waals surface area (Å²) in [4.78, 5) is 11.6. The Morgan fingerprint density at radius 1 is 1.50 bits per heavy atom. The molecule has 0 unspecified atom stereocenters. The summed E-state index contributed by atoms with van der Waals surface area (Å²) in [7, 11) is 0. The lowest BCUT2D eigenvalue weighted by Gasteiger charge is -2.01. The van der Waals surface area contributed by atoms with Crippen LogP contribution >= 0.6 is 0 Å². The molecule has 0 bridgehead atoms. The van der Waals surface area contributed by atoms with Gasteiger partial charge in [-0.05, 0) is 20.3 Å². The average Bonchev–Trinajstić information content (AvgIpc) is 2.42. The second-order valence-electron chi connectivity index (χ2n) is 3.41. The number of nitrogens with two attached hydrogens (primary N) is 1. The molecule has 14 heavy (non-hydrogen) atoms. The number of hydrogen-bond acceptors (Lipinski definition) is 3. The van der Waals surface area contributed by atoms with Gasteiger partial charge in [0.25, 0.3) is 0 Å². The lowest BCUT2D eigenvalue weighted by Crippen LogP contribution is -2.13. The minimum atomic E-state index is 0.0489. The number of rotatable bonds is 3. The number of nitrogens with zero attached hydrogens (tertiary/aromatic N) is 2. The summed E-state index contributed by atoms with van der Waals surface area (Å²) in [5.41, 5.74) is 8.29. The lowest BCUT2D eigenvalue weighted by molar-refractivity contribution is 0.0883. The molecule has 0 saturated carbocycles. The van der Waals surface area contributed by atoms with Crippen LogP contribution in [0.25, 0.3) is 0 Å². The highest BCUT2D eigenvalue weighted by atomic mass is 16.2. The quantitative estimate of drug-likeness (QED) is 0.793. The zero-order valence-corrected chi connectivity index (χ0v) is 9.00. The Kier molecular flexibility index (Phi) is 3.41. The van der Waals surface area contributed by atoms with Crippen molar-refractivity contribution in [2.45, 2.75) is 40.2 Å². The molecule has 4 nitrogen and oxygen atoms in total. The molecule has 0 aliphatic rings. The summed E-state index contributed by atoms with van der Waals surface area (Å²) >= 11 is 0. The van der Waals surface area contributed by atoms with Gasteiger partial charge in [0.05, 0.1) is 5.69 Å². The number of aromatic nitrogens is 2. The SMILES string of the molecule is CCCC(=O)n1nc(C)c(CN)c1C. The van der Waals surface area contributed by atoms with E-state index in [-0.39, 0.29) is 5.91 Å². The van der Waals surface area contributed by atoms with Gasteiger partial charge in [0.15, 0.2) is 0 Å². The summed E-state index contributed by atoms with van der Waals surface area (Å²) in [5, 5.41) is 4.19. The van der Waals surface area contributed by atoms with Crippen molar-refractivity contribution in [1.82, 2.24) is 9.78 Å². The maximum Gasteiger partial charge on any atom is 0.247 e. The normalized spacial score (nSPS) is 10.6. The minimum absolute atomic E-state index is 0.0489. The third-order valence-corrected chi connectivity index (χ3v) is 2.35. The highest BCUT2D eigenvalue weighted by Gasteiger charge is 2.14. The van der Waals surface area contributed by atoms with Gasteiger partial charge >= 0.3 is 0 Å². The molecule has 0 aliphatic carbocycles. The molecule has 1 aromatic rings. The van der Waals surface area contributed by atoms with Crippen LogP contribution in [-0.2, 0) is 6.54 Å². The summed E-state index contributed by atoms with van der Waals surface area (Å²) in [6, 6.07) is 0. The van der Waals surface area contributed by atoms with E-state index >= 15 is 0 Å². The molecule has 0 aliphatic heterocycles. The molecule has 1 aromatic heterocycles. The van der Waals surface area contributed by atoms with E-state index in [1.165, 1.54) is 4.68 Å². The van der Waals surface area contributed by atoms with Gasteiger partial charge in [-0.3, -0.25) is 4.79 Å². The second-order valence-corrected chi connectivity index (χ2v) is 3.41. The van der Waals surface area contributed by atoms with Crippen LogP contribution < -0.4 is 5.73 Å². The van der Waals surface area contributed by atoms with Gasteiger partial charge in [0, 0.05) is 24.2 Å². The zero-order chi connectivity index (χ0) is 10.7. The van der Waals surface area contributed by atoms with Crippen molar-refractivity contribution in [3.05, 3.63) is 17.0 Å². The van der Waals surface area contributed by atoms with Crippen molar-refractivity contribution in [2.24, 2.45) is 5.73 Å². The van der Waals surface area contributed by atoms with Gasteiger partial charge < -0.3 is 5.73 Å². The molecule has 0 atom stereocenters. The van der Waals surface area contributed by atoms with Crippen LogP contribution in [0.4, 0.5) is 0 Å². The number of carbonyl (C=O) groups is 1. The van der Waals surface area contributed by atoms with E-state index < -0.39 is 0 Å². The van der Waals surface area contributed by atoms with Crippen LogP contribution in [0.5, 0.6) is 0 Å². The summed E-state index contributed by atoms with van der Waals surface area (Å²) < 4.78 is 1.47. The zero-order valence-electron chi connectivity index (χ0n) is 9.00. The van der Waals surface area contributed by atoms with Crippen molar-refractivity contribution >= 4 is 5.91 Å². The first kappa shape index (κ1) is 10.9. The van der Waals surface area contributed by atoms with Gasteiger partial charge in [-0.15, -0.1) is 0 Å². The van der Waals surface area contributed by atoms with Crippen LogP contribution in [0.3, 0.4) is 0 Å². The van der Waals surface area contributed by atoms with Crippen molar-refractivity contribution < 1.29 is 4.79 Å². The van der Waals surface area contributed by atoms with Crippen molar-refractivity contribution in [1.29, 1.82) is 0 Å². The van der Waals surface area contributed by atoms with Crippen molar-refractivity contribution in [3.8, 4) is 0 Å². The van der Waals surface area contributed by atoms with Crippen LogP contribution in [0.1, 0.15) is 41.5 Å². The number of carbonyl (C=O) groups excluding carboxylic acids is 1. The molecule has 4 heteroatoms. The average molecular weight is 195 g/mol. The topological polar surface area (TPSA) is 60.9 Å². The molecule has 0 saturated heterocycles. The summed E-state index contributed by atoms with van der Waals surface area (Å²) in [6.45, 7) is 6.19. The van der Waals surface area contributed by atoms with Gasteiger partial charge in [0.1, 0.15) is 0 Å². The molecule has 0 radical (unpaired) electrons. The molecule has 2 N–H and O–H groups in total. The van der Waals surface area contributed by atoms with Crippen LogP contribution in [0.15, 0.2) is 0 Å². The fourth-order valence-electron chi connectivity index (χ4n) is 1.53. The van der Waals surface area contributed by atoms with Crippen molar-refractivity contribution in [2.75, 3.05) is 0 Å². The Morgan fingerprint density at radius 2 is 2.14 bits per heavy atom.